The molecule has 28 heavy (non-hydrogen) atoms. The molecule has 1 saturated heterocycles. The van der Waals surface area contributed by atoms with Gasteiger partial charge >= 0.3 is 0 Å². The molecule has 0 N–H and O–H groups in total. The Morgan fingerprint density at radius 2 is 1.93 bits per heavy atom. The highest BCUT2D eigenvalue weighted by Gasteiger charge is 2.25. The summed E-state index contributed by atoms with van der Waals surface area (Å²) in [5, 5.41) is 4.74. The summed E-state index contributed by atoms with van der Waals surface area (Å²) in [5.74, 6) is 1.46. The standard InChI is InChI=1S/C20H21ClN4O3/c21-17-5-1-2-6-19(17)28-15-25-18(7-8-22-25)20(26)24-11-9-23(10-12-24)14-16-4-3-13-27-16/h1-8,13H,9-12,14-15H2. The Morgan fingerprint density at radius 1 is 1.11 bits per heavy atom. The van der Waals surface area contributed by atoms with Gasteiger partial charge in [-0.05, 0) is 30.3 Å². The SMILES string of the molecule is O=C(c1ccnn1COc1ccccc1Cl)N1CCN(Cc2ccco2)CC1. The second kappa shape index (κ2) is 8.50. The zero-order chi connectivity index (χ0) is 19.3. The Kier molecular flexibility index (Phi) is 5.64. The van der Waals surface area contributed by atoms with Gasteiger partial charge in [-0.25, -0.2) is 4.68 Å². The molecule has 8 heteroatoms. The van der Waals surface area contributed by atoms with Gasteiger partial charge in [0.05, 0.1) is 17.8 Å². The van der Waals surface area contributed by atoms with E-state index in [1.807, 2.05) is 29.2 Å². The lowest BCUT2D eigenvalue weighted by Gasteiger charge is -2.34. The van der Waals surface area contributed by atoms with Crippen LogP contribution in [0.25, 0.3) is 0 Å². The Labute approximate surface area is 168 Å². The normalized spacial score (nSPS) is 15.0. The van der Waals surface area contributed by atoms with Gasteiger partial charge in [0.15, 0.2) is 6.73 Å². The van der Waals surface area contributed by atoms with Crippen LogP contribution in [0.15, 0.2) is 59.3 Å². The predicted molar refractivity (Wildman–Crippen MR) is 104 cm³/mol. The lowest BCUT2D eigenvalue weighted by molar-refractivity contribution is 0.0599. The number of aromatic nitrogens is 2. The third kappa shape index (κ3) is 4.21. The number of piperazine rings is 1. The maximum absolute atomic E-state index is 12.9. The van der Waals surface area contributed by atoms with Gasteiger partial charge in [-0.2, -0.15) is 5.10 Å². The van der Waals surface area contributed by atoms with E-state index in [1.54, 1.807) is 35.3 Å². The van der Waals surface area contributed by atoms with Crippen LogP contribution in [-0.4, -0.2) is 51.7 Å². The van der Waals surface area contributed by atoms with Crippen LogP contribution in [0.4, 0.5) is 0 Å². The minimum atomic E-state index is -0.0436. The number of para-hydroxylation sites is 1. The third-order valence-electron chi connectivity index (χ3n) is 4.73. The van der Waals surface area contributed by atoms with Crippen molar-refractivity contribution >= 4 is 17.5 Å². The Balaban J connectivity index is 1.34. The van der Waals surface area contributed by atoms with E-state index >= 15 is 0 Å². The first-order chi connectivity index (χ1) is 13.7. The largest absolute Gasteiger partial charge is 0.470 e. The van der Waals surface area contributed by atoms with Crippen molar-refractivity contribution in [2.75, 3.05) is 26.2 Å². The summed E-state index contributed by atoms with van der Waals surface area (Å²) in [6, 6.07) is 12.8. The molecule has 1 aliphatic rings. The smallest absolute Gasteiger partial charge is 0.272 e. The fourth-order valence-corrected chi connectivity index (χ4v) is 3.39. The average molecular weight is 401 g/mol. The maximum atomic E-state index is 12.9. The summed E-state index contributed by atoms with van der Waals surface area (Å²) in [6.07, 6.45) is 3.29. The average Bonchev–Trinajstić information content (AvgIpc) is 3.39. The minimum Gasteiger partial charge on any atom is -0.470 e. The van der Waals surface area contributed by atoms with Gasteiger partial charge in [-0.3, -0.25) is 9.69 Å². The summed E-state index contributed by atoms with van der Waals surface area (Å²) < 4.78 is 12.7. The first kappa shape index (κ1) is 18.6. The molecule has 4 rings (SSSR count). The number of hydrogen-bond donors (Lipinski definition) is 0. The summed E-state index contributed by atoms with van der Waals surface area (Å²) in [7, 11) is 0. The third-order valence-corrected chi connectivity index (χ3v) is 5.05. The van der Waals surface area contributed by atoms with Crippen molar-refractivity contribution < 1.29 is 13.9 Å². The number of amides is 1. The lowest BCUT2D eigenvalue weighted by Crippen LogP contribution is -2.48. The van der Waals surface area contributed by atoms with Crippen LogP contribution in [0.2, 0.25) is 5.02 Å². The van der Waals surface area contributed by atoms with E-state index in [9.17, 15) is 4.79 Å². The number of hydrogen-bond acceptors (Lipinski definition) is 5. The molecule has 7 nitrogen and oxygen atoms in total. The fourth-order valence-electron chi connectivity index (χ4n) is 3.20. The van der Waals surface area contributed by atoms with Crippen LogP contribution in [0, 0.1) is 0 Å². The summed E-state index contributed by atoms with van der Waals surface area (Å²) in [6.45, 7) is 3.81. The molecule has 0 spiro atoms. The second-order valence-electron chi connectivity index (χ2n) is 6.57. The molecule has 3 heterocycles. The highest BCUT2D eigenvalue weighted by molar-refractivity contribution is 6.32. The highest BCUT2D eigenvalue weighted by atomic mass is 35.5. The Hall–Kier alpha value is -2.77. The molecule has 0 saturated carbocycles. The van der Waals surface area contributed by atoms with Crippen LogP contribution in [0.5, 0.6) is 5.75 Å². The molecular weight excluding hydrogens is 380 g/mol. The van der Waals surface area contributed by atoms with E-state index in [0.29, 0.717) is 29.6 Å². The number of halogens is 1. The Bertz CT molecular complexity index is 917. The molecule has 0 radical (unpaired) electrons. The molecule has 0 atom stereocenters. The van der Waals surface area contributed by atoms with E-state index in [4.69, 9.17) is 20.8 Å². The van der Waals surface area contributed by atoms with Crippen LogP contribution in [0.3, 0.4) is 0 Å². The number of nitrogens with zero attached hydrogens (tertiary/aromatic N) is 4. The molecule has 3 aromatic rings. The lowest BCUT2D eigenvalue weighted by atomic mass is 10.2. The number of carbonyl (C=O) groups is 1. The second-order valence-corrected chi connectivity index (χ2v) is 6.97. The highest BCUT2D eigenvalue weighted by Crippen LogP contribution is 2.23. The summed E-state index contributed by atoms with van der Waals surface area (Å²) in [5.41, 5.74) is 0.506. The van der Waals surface area contributed by atoms with Gasteiger partial charge in [0.2, 0.25) is 0 Å². The molecule has 1 amide bonds. The topological polar surface area (TPSA) is 63.7 Å². The predicted octanol–water partition coefficient (Wildman–Crippen LogP) is 3.12. The number of benzene rings is 1. The number of carbonyl (C=O) groups excluding carboxylic acids is 1. The van der Waals surface area contributed by atoms with Crippen molar-refractivity contribution in [3.63, 3.8) is 0 Å². The van der Waals surface area contributed by atoms with Crippen molar-refractivity contribution in [1.82, 2.24) is 19.6 Å². The number of rotatable bonds is 6. The van der Waals surface area contributed by atoms with Gasteiger partial charge < -0.3 is 14.1 Å². The van der Waals surface area contributed by atoms with Crippen molar-refractivity contribution in [3.8, 4) is 5.75 Å². The van der Waals surface area contributed by atoms with Gasteiger partial charge in [-0.1, -0.05) is 23.7 Å². The molecule has 0 bridgehead atoms. The molecule has 2 aromatic heterocycles. The summed E-state index contributed by atoms with van der Waals surface area (Å²) >= 11 is 6.11. The van der Waals surface area contributed by atoms with E-state index in [2.05, 4.69) is 10.00 Å². The monoisotopic (exact) mass is 400 g/mol. The molecule has 146 valence electrons. The van der Waals surface area contributed by atoms with Crippen molar-refractivity contribution in [1.29, 1.82) is 0 Å². The van der Waals surface area contributed by atoms with E-state index in [-0.39, 0.29) is 12.6 Å². The fraction of sp³-hybridized carbons (Fsp3) is 0.300. The van der Waals surface area contributed by atoms with Crippen LogP contribution >= 0.6 is 11.6 Å². The first-order valence-electron chi connectivity index (χ1n) is 9.14. The van der Waals surface area contributed by atoms with Gasteiger partial charge in [-0.15, -0.1) is 0 Å². The molecular formula is C20H21ClN4O3. The maximum Gasteiger partial charge on any atom is 0.272 e. The number of ether oxygens (including phenoxy) is 1. The minimum absolute atomic E-state index is 0.0436. The molecule has 1 aliphatic heterocycles. The van der Waals surface area contributed by atoms with E-state index in [1.165, 1.54) is 0 Å². The molecule has 0 aliphatic carbocycles. The van der Waals surface area contributed by atoms with Crippen LogP contribution in [-0.2, 0) is 13.3 Å². The van der Waals surface area contributed by atoms with Gasteiger partial charge in [0, 0.05) is 32.4 Å². The van der Waals surface area contributed by atoms with E-state index in [0.717, 1.165) is 25.4 Å². The Morgan fingerprint density at radius 3 is 2.68 bits per heavy atom. The quantitative estimate of drug-likeness (QED) is 0.636. The molecule has 1 fully saturated rings. The van der Waals surface area contributed by atoms with Crippen LogP contribution < -0.4 is 4.74 Å². The molecule has 1 aromatic carbocycles. The van der Waals surface area contributed by atoms with Crippen LogP contribution in [0.1, 0.15) is 16.2 Å². The molecule has 0 unspecified atom stereocenters. The van der Waals surface area contributed by atoms with E-state index < -0.39 is 0 Å². The number of furan rings is 1. The van der Waals surface area contributed by atoms with Gasteiger partial charge in [0.1, 0.15) is 17.2 Å². The van der Waals surface area contributed by atoms with Crippen molar-refractivity contribution in [2.45, 2.75) is 13.3 Å². The first-order valence-corrected chi connectivity index (χ1v) is 9.51. The van der Waals surface area contributed by atoms with Crippen molar-refractivity contribution in [3.05, 3.63) is 71.4 Å². The van der Waals surface area contributed by atoms with Crippen molar-refractivity contribution in [2.24, 2.45) is 0 Å². The zero-order valence-electron chi connectivity index (χ0n) is 15.3. The van der Waals surface area contributed by atoms with Gasteiger partial charge in [0.25, 0.3) is 5.91 Å². The zero-order valence-corrected chi connectivity index (χ0v) is 16.1. The summed E-state index contributed by atoms with van der Waals surface area (Å²) in [4.78, 5) is 17.1.